The van der Waals surface area contributed by atoms with Crippen molar-refractivity contribution in [2.75, 3.05) is 23.8 Å². The van der Waals surface area contributed by atoms with E-state index in [-0.39, 0.29) is 0 Å². The maximum Gasteiger partial charge on any atom is 0.155 e. The molecule has 0 aromatic carbocycles. The van der Waals surface area contributed by atoms with E-state index in [1.165, 1.54) is 28.5 Å². The highest BCUT2D eigenvalue weighted by Crippen LogP contribution is 2.24. The fourth-order valence-electron chi connectivity index (χ4n) is 2.67. The van der Waals surface area contributed by atoms with Crippen LogP contribution in [-0.2, 0) is 0 Å². The van der Waals surface area contributed by atoms with Crippen LogP contribution in [0.2, 0.25) is 0 Å². The molecule has 0 bridgehead atoms. The molecule has 4 nitrogen and oxygen atoms in total. The summed E-state index contributed by atoms with van der Waals surface area (Å²) in [6.45, 7) is 7.41. The summed E-state index contributed by atoms with van der Waals surface area (Å²) < 4.78 is 1.95. The van der Waals surface area contributed by atoms with Gasteiger partial charge in [-0.05, 0) is 20.8 Å². The average Bonchev–Trinajstić information content (AvgIpc) is 2.88. The molecule has 2 aromatic heterocycles. The Bertz CT molecular complexity index is 619. The van der Waals surface area contributed by atoms with Gasteiger partial charge in [0.05, 0.1) is 5.69 Å². The van der Waals surface area contributed by atoms with Crippen LogP contribution in [0.1, 0.15) is 29.9 Å². The molecule has 0 amide bonds. The fourth-order valence-corrected chi connectivity index (χ4v) is 5.30. The lowest BCUT2D eigenvalue weighted by Gasteiger charge is -2.24. The van der Waals surface area contributed by atoms with Gasteiger partial charge in [0.2, 0.25) is 0 Å². The van der Waals surface area contributed by atoms with Crippen LogP contribution in [0.5, 0.6) is 0 Å². The number of fused-ring (bicyclic) bond motifs is 1. The van der Waals surface area contributed by atoms with Crippen molar-refractivity contribution >= 4 is 29.2 Å². The second-order valence-corrected chi connectivity index (χ2v) is 8.11. The largest absolute Gasteiger partial charge is 0.309 e. The van der Waals surface area contributed by atoms with Crippen molar-refractivity contribution in [3.63, 3.8) is 0 Å². The van der Waals surface area contributed by atoms with Gasteiger partial charge < -0.3 is 5.32 Å². The van der Waals surface area contributed by atoms with Crippen LogP contribution in [-0.4, -0.2) is 43.7 Å². The first kappa shape index (κ1) is 15.2. The summed E-state index contributed by atoms with van der Waals surface area (Å²) in [5, 5.41) is 8.92. The van der Waals surface area contributed by atoms with E-state index in [0.717, 1.165) is 23.1 Å². The summed E-state index contributed by atoms with van der Waals surface area (Å²) in [5.41, 5.74) is 4.36. The van der Waals surface area contributed by atoms with Crippen LogP contribution >= 0.6 is 23.5 Å². The lowest BCUT2D eigenvalue weighted by atomic mass is 10.1. The van der Waals surface area contributed by atoms with Gasteiger partial charge in [-0.2, -0.15) is 28.6 Å². The van der Waals surface area contributed by atoms with Gasteiger partial charge in [0, 0.05) is 58.6 Å². The van der Waals surface area contributed by atoms with E-state index in [0.29, 0.717) is 6.04 Å². The summed E-state index contributed by atoms with van der Waals surface area (Å²) in [5.74, 6) is 3.85. The lowest BCUT2D eigenvalue weighted by molar-refractivity contribution is 0.567. The molecular formula is C15H22N4S2. The van der Waals surface area contributed by atoms with E-state index < -0.39 is 0 Å². The fraction of sp³-hybridized carbons (Fsp3) is 0.600. The molecule has 114 valence electrons. The molecule has 3 heterocycles. The topological polar surface area (TPSA) is 42.2 Å². The Morgan fingerprint density at radius 1 is 1.43 bits per heavy atom. The van der Waals surface area contributed by atoms with Gasteiger partial charge in [-0.15, -0.1) is 0 Å². The smallest absolute Gasteiger partial charge is 0.155 e. The van der Waals surface area contributed by atoms with Crippen LogP contribution in [0.4, 0.5) is 0 Å². The normalized spacial score (nSPS) is 20.8. The first-order valence-electron chi connectivity index (χ1n) is 7.40. The number of rotatable bonds is 4. The zero-order chi connectivity index (χ0) is 14.8. The zero-order valence-corrected chi connectivity index (χ0v) is 14.4. The maximum atomic E-state index is 4.53. The molecule has 0 radical (unpaired) electrons. The van der Waals surface area contributed by atoms with Gasteiger partial charge in [0.15, 0.2) is 5.65 Å². The van der Waals surface area contributed by atoms with Crippen LogP contribution in [0.25, 0.3) is 5.65 Å². The highest BCUT2D eigenvalue weighted by molar-refractivity contribution is 8.06. The summed E-state index contributed by atoms with van der Waals surface area (Å²) in [4.78, 5) is 4.53. The third-order valence-electron chi connectivity index (χ3n) is 3.89. The Morgan fingerprint density at radius 3 is 3.05 bits per heavy atom. The predicted molar refractivity (Wildman–Crippen MR) is 92.4 cm³/mol. The number of aryl methyl sites for hydroxylation is 2. The first-order valence-corrected chi connectivity index (χ1v) is 9.60. The van der Waals surface area contributed by atoms with Gasteiger partial charge in [0.25, 0.3) is 0 Å². The molecule has 21 heavy (non-hydrogen) atoms. The summed E-state index contributed by atoms with van der Waals surface area (Å²) in [7, 11) is 0. The van der Waals surface area contributed by atoms with Crippen molar-refractivity contribution in [3.8, 4) is 0 Å². The Kier molecular flexibility index (Phi) is 4.76. The molecule has 1 aliphatic heterocycles. The standard InChI is InChI=1S/C15H22N4S2/c1-10-6-15-17-8-14(12(3)19(15)18-10)11(2)16-7-13-9-20-4-5-21-13/h6,8,11,13,16H,4-5,7,9H2,1-3H3. The Labute approximate surface area is 134 Å². The molecule has 0 saturated carbocycles. The molecule has 0 spiro atoms. The third kappa shape index (κ3) is 3.38. The quantitative estimate of drug-likeness (QED) is 0.937. The Hall–Kier alpha value is -0.720. The lowest BCUT2D eigenvalue weighted by Crippen LogP contribution is -2.31. The van der Waals surface area contributed by atoms with E-state index in [9.17, 15) is 0 Å². The minimum absolute atomic E-state index is 0.305. The van der Waals surface area contributed by atoms with Crippen LogP contribution < -0.4 is 5.32 Å². The van der Waals surface area contributed by atoms with E-state index in [4.69, 9.17) is 0 Å². The second kappa shape index (κ2) is 6.58. The number of thioether (sulfide) groups is 2. The van der Waals surface area contributed by atoms with Crippen LogP contribution in [0, 0.1) is 13.8 Å². The predicted octanol–water partition coefficient (Wildman–Crippen LogP) is 2.85. The number of nitrogens with one attached hydrogen (secondary N) is 1. The van der Waals surface area contributed by atoms with E-state index in [1.54, 1.807) is 0 Å². The molecule has 2 atom stereocenters. The van der Waals surface area contributed by atoms with Gasteiger partial charge in [-0.3, -0.25) is 0 Å². The second-order valence-electron chi connectivity index (χ2n) is 5.55. The number of hydrogen-bond donors (Lipinski definition) is 1. The van der Waals surface area contributed by atoms with Crippen molar-refractivity contribution in [2.45, 2.75) is 32.1 Å². The van der Waals surface area contributed by atoms with E-state index >= 15 is 0 Å². The summed E-state index contributed by atoms with van der Waals surface area (Å²) >= 11 is 4.16. The zero-order valence-electron chi connectivity index (χ0n) is 12.8. The van der Waals surface area contributed by atoms with Crippen molar-refractivity contribution in [3.05, 3.63) is 29.2 Å². The number of hydrogen-bond acceptors (Lipinski definition) is 5. The third-order valence-corrected chi connectivity index (χ3v) is 6.73. The Morgan fingerprint density at radius 2 is 2.29 bits per heavy atom. The monoisotopic (exact) mass is 322 g/mol. The average molecular weight is 323 g/mol. The molecule has 1 saturated heterocycles. The summed E-state index contributed by atoms with van der Waals surface area (Å²) in [6.07, 6.45) is 1.99. The van der Waals surface area contributed by atoms with Gasteiger partial charge in [0.1, 0.15) is 0 Å². The van der Waals surface area contributed by atoms with E-state index in [1.807, 2.05) is 23.7 Å². The highest BCUT2D eigenvalue weighted by Gasteiger charge is 2.17. The molecule has 2 unspecified atom stereocenters. The molecule has 1 fully saturated rings. The SMILES string of the molecule is Cc1cc2ncc(C(C)NCC3CSCCS3)c(C)n2n1. The minimum Gasteiger partial charge on any atom is -0.309 e. The number of nitrogens with zero attached hydrogens (tertiary/aromatic N) is 3. The molecule has 2 aromatic rings. The van der Waals surface area contributed by atoms with E-state index in [2.05, 4.69) is 52.8 Å². The van der Waals surface area contributed by atoms with Crippen molar-refractivity contribution < 1.29 is 0 Å². The molecular weight excluding hydrogens is 300 g/mol. The van der Waals surface area contributed by atoms with Crippen molar-refractivity contribution in [1.29, 1.82) is 0 Å². The molecule has 1 aliphatic rings. The first-order chi connectivity index (χ1) is 10.1. The number of aromatic nitrogens is 3. The van der Waals surface area contributed by atoms with Gasteiger partial charge >= 0.3 is 0 Å². The van der Waals surface area contributed by atoms with Crippen molar-refractivity contribution in [1.82, 2.24) is 19.9 Å². The van der Waals surface area contributed by atoms with Gasteiger partial charge in [-0.25, -0.2) is 9.50 Å². The molecule has 1 N–H and O–H groups in total. The Balaban J connectivity index is 1.71. The van der Waals surface area contributed by atoms with Crippen LogP contribution in [0.3, 0.4) is 0 Å². The highest BCUT2D eigenvalue weighted by atomic mass is 32.2. The minimum atomic E-state index is 0.305. The van der Waals surface area contributed by atoms with Crippen LogP contribution in [0.15, 0.2) is 12.3 Å². The van der Waals surface area contributed by atoms with Gasteiger partial charge in [-0.1, -0.05) is 0 Å². The molecule has 0 aliphatic carbocycles. The van der Waals surface area contributed by atoms with Crippen molar-refractivity contribution in [2.24, 2.45) is 0 Å². The molecule has 3 rings (SSSR count). The maximum absolute atomic E-state index is 4.53. The molecule has 6 heteroatoms. The summed E-state index contributed by atoms with van der Waals surface area (Å²) in [6, 6.07) is 2.32.